The van der Waals surface area contributed by atoms with Gasteiger partial charge in [-0.2, -0.15) is 0 Å². The molecule has 3 N–H and O–H groups in total. The number of carbonyl (C=O) groups is 2. The number of hydrogen-bond acceptors (Lipinski definition) is 5. The van der Waals surface area contributed by atoms with Crippen LogP contribution in [0.2, 0.25) is 0 Å². The van der Waals surface area contributed by atoms with E-state index < -0.39 is 6.17 Å². The predicted molar refractivity (Wildman–Crippen MR) is 99.6 cm³/mol. The van der Waals surface area contributed by atoms with Crippen molar-refractivity contribution in [3.8, 4) is 0 Å². The van der Waals surface area contributed by atoms with Crippen LogP contribution in [0, 0.1) is 5.92 Å². The van der Waals surface area contributed by atoms with Crippen molar-refractivity contribution in [2.45, 2.75) is 72.9 Å². The number of hydrazine groups is 1. The molecule has 0 radical (unpaired) electrons. The van der Waals surface area contributed by atoms with E-state index in [2.05, 4.69) is 32.0 Å². The lowest BCUT2D eigenvalue weighted by atomic mass is 9.85. The van der Waals surface area contributed by atoms with Crippen molar-refractivity contribution >= 4 is 39.5 Å². The molecule has 0 aromatic carbocycles. The molecule has 6 unspecified atom stereocenters. The smallest absolute Gasteiger partial charge is 0.240 e. The number of alkyl halides is 2. The van der Waals surface area contributed by atoms with Gasteiger partial charge in [-0.15, -0.1) is 11.8 Å². The fourth-order valence-electron chi connectivity index (χ4n) is 3.78. The van der Waals surface area contributed by atoms with Gasteiger partial charge in [0.05, 0.1) is 4.95 Å². The van der Waals surface area contributed by atoms with Gasteiger partial charge in [-0.3, -0.25) is 19.9 Å². The topological polar surface area (TPSA) is 73.5 Å². The molecular formula is C16H26BrFN4O2S. The van der Waals surface area contributed by atoms with Crippen LogP contribution in [0.3, 0.4) is 0 Å². The molecule has 2 aliphatic heterocycles. The van der Waals surface area contributed by atoms with E-state index in [0.29, 0.717) is 36.9 Å². The van der Waals surface area contributed by atoms with Crippen LogP contribution in [0.4, 0.5) is 4.39 Å². The summed E-state index contributed by atoms with van der Waals surface area (Å²) in [6, 6.07) is -0.386. The van der Waals surface area contributed by atoms with Crippen molar-refractivity contribution in [3.63, 3.8) is 0 Å². The van der Waals surface area contributed by atoms with Crippen LogP contribution in [0.1, 0.15) is 44.9 Å². The van der Waals surface area contributed by atoms with E-state index in [1.54, 1.807) is 18.8 Å². The first-order chi connectivity index (χ1) is 11.9. The fraction of sp³-hybridized carbons (Fsp3) is 0.875. The Morgan fingerprint density at radius 1 is 1.44 bits per heavy atom. The Labute approximate surface area is 160 Å². The van der Waals surface area contributed by atoms with E-state index in [4.69, 9.17) is 0 Å². The van der Waals surface area contributed by atoms with Crippen LogP contribution in [-0.2, 0) is 9.59 Å². The van der Waals surface area contributed by atoms with Crippen LogP contribution in [0.25, 0.3) is 0 Å². The van der Waals surface area contributed by atoms with Gasteiger partial charge in [-0.25, -0.2) is 9.82 Å². The first-order valence-corrected chi connectivity index (χ1v) is 10.8. The maximum absolute atomic E-state index is 13.6. The number of nitrogens with one attached hydrogen (secondary N) is 3. The minimum Gasteiger partial charge on any atom is -0.330 e. The van der Waals surface area contributed by atoms with Gasteiger partial charge in [0.2, 0.25) is 11.8 Å². The highest BCUT2D eigenvalue weighted by Gasteiger charge is 2.37. The molecule has 3 aliphatic rings. The van der Waals surface area contributed by atoms with E-state index in [-0.39, 0.29) is 28.3 Å². The van der Waals surface area contributed by atoms with Gasteiger partial charge < -0.3 is 5.32 Å². The molecule has 2 amide bonds. The summed E-state index contributed by atoms with van der Waals surface area (Å²) in [6.45, 7) is 0. The SMILES string of the molecule is CN1NC(C(=O)NC2NC(Br)C(CC3CCCC(F)C3)S2)CCC1=O. The number of thioether (sulfide) groups is 1. The summed E-state index contributed by atoms with van der Waals surface area (Å²) in [7, 11) is 1.64. The largest absolute Gasteiger partial charge is 0.330 e. The molecular weight excluding hydrogens is 411 g/mol. The third kappa shape index (κ3) is 5.08. The van der Waals surface area contributed by atoms with Gasteiger partial charge in [0.15, 0.2) is 0 Å². The average molecular weight is 437 g/mol. The quantitative estimate of drug-likeness (QED) is 0.463. The van der Waals surface area contributed by atoms with Gasteiger partial charge in [0.25, 0.3) is 0 Å². The molecule has 0 aromatic heterocycles. The van der Waals surface area contributed by atoms with Crippen LogP contribution >= 0.6 is 27.7 Å². The van der Waals surface area contributed by atoms with Crippen LogP contribution in [0.5, 0.6) is 0 Å². The Kier molecular flexibility index (Phi) is 6.62. The third-order valence-electron chi connectivity index (χ3n) is 5.19. The lowest BCUT2D eigenvalue weighted by Gasteiger charge is -2.30. The number of carbonyl (C=O) groups excluding carboxylic acids is 2. The summed E-state index contributed by atoms with van der Waals surface area (Å²) in [5.41, 5.74) is 2.74. The van der Waals surface area contributed by atoms with Crippen LogP contribution < -0.4 is 16.1 Å². The molecule has 1 saturated carbocycles. The molecule has 3 rings (SSSR count). The molecule has 1 aliphatic carbocycles. The Morgan fingerprint density at radius 2 is 2.24 bits per heavy atom. The maximum Gasteiger partial charge on any atom is 0.240 e. The monoisotopic (exact) mass is 436 g/mol. The minimum atomic E-state index is -0.653. The second kappa shape index (κ2) is 8.54. The number of amides is 2. The average Bonchev–Trinajstić information content (AvgIpc) is 2.89. The van der Waals surface area contributed by atoms with E-state index in [1.807, 2.05) is 0 Å². The normalized spacial score (nSPS) is 39.5. The number of hydrogen-bond donors (Lipinski definition) is 3. The van der Waals surface area contributed by atoms with Gasteiger partial charge in [0, 0.05) is 18.7 Å². The molecule has 25 heavy (non-hydrogen) atoms. The maximum atomic E-state index is 13.6. The summed E-state index contributed by atoms with van der Waals surface area (Å²) in [4.78, 5) is 24.0. The highest BCUT2D eigenvalue weighted by molar-refractivity contribution is 9.09. The molecule has 6 atom stereocenters. The van der Waals surface area contributed by atoms with Crippen molar-refractivity contribution in [1.82, 2.24) is 21.1 Å². The van der Waals surface area contributed by atoms with Crippen molar-refractivity contribution in [2.24, 2.45) is 5.92 Å². The summed E-state index contributed by atoms with van der Waals surface area (Å²) in [5, 5.41) is 8.03. The zero-order valence-electron chi connectivity index (χ0n) is 14.3. The van der Waals surface area contributed by atoms with Crippen molar-refractivity contribution in [3.05, 3.63) is 0 Å². The highest BCUT2D eigenvalue weighted by Crippen LogP contribution is 2.38. The van der Waals surface area contributed by atoms with Crippen LogP contribution in [-0.4, -0.2) is 51.8 Å². The minimum absolute atomic E-state index is 0.00310. The Bertz CT molecular complexity index is 515. The molecule has 0 spiro atoms. The first-order valence-electron chi connectivity index (χ1n) is 8.95. The van der Waals surface area contributed by atoms with E-state index >= 15 is 0 Å². The van der Waals surface area contributed by atoms with Gasteiger partial charge >= 0.3 is 0 Å². The molecule has 0 aromatic rings. The van der Waals surface area contributed by atoms with E-state index in [0.717, 1.165) is 19.3 Å². The molecule has 6 nitrogen and oxygen atoms in total. The van der Waals surface area contributed by atoms with E-state index in [9.17, 15) is 14.0 Å². The fourth-order valence-corrected chi connectivity index (χ4v) is 6.17. The summed E-state index contributed by atoms with van der Waals surface area (Å²) < 4.78 is 13.6. The van der Waals surface area contributed by atoms with Gasteiger partial charge in [-0.05, 0) is 31.6 Å². The lowest BCUT2D eigenvalue weighted by Crippen LogP contribution is -2.58. The summed E-state index contributed by atoms with van der Waals surface area (Å²) >= 11 is 5.33. The Morgan fingerprint density at radius 3 is 2.96 bits per heavy atom. The van der Waals surface area contributed by atoms with Gasteiger partial charge in [-0.1, -0.05) is 28.8 Å². The van der Waals surface area contributed by atoms with Gasteiger partial charge in [0.1, 0.15) is 17.7 Å². The van der Waals surface area contributed by atoms with E-state index in [1.165, 1.54) is 5.01 Å². The van der Waals surface area contributed by atoms with Crippen molar-refractivity contribution < 1.29 is 14.0 Å². The summed E-state index contributed by atoms with van der Waals surface area (Å²) in [6.07, 6.45) is 4.63. The zero-order chi connectivity index (χ0) is 18.0. The first kappa shape index (κ1) is 19.4. The number of halogens is 2. The molecule has 2 saturated heterocycles. The molecule has 142 valence electrons. The second-order valence-electron chi connectivity index (χ2n) is 7.17. The zero-order valence-corrected chi connectivity index (χ0v) is 16.7. The number of rotatable bonds is 4. The predicted octanol–water partition coefficient (Wildman–Crippen LogP) is 1.86. The molecule has 2 heterocycles. The summed E-state index contributed by atoms with van der Waals surface area (Å²) in [5.74, 6) is 0.320. The second-order valence-corrected chi connectivity index (χ2v) is 9.51. The molecule has 3 fully saturated rings. The standard InChI is InChI=1S/C16H26BrFN4O2S/c1-22-13(23)6-5-11(21-22)15(24)20-16-19-14(17)12(25-16)8-9-3-2-4-10(18)7-9/h9-12,14,16,19,21H,2-8H2,1H3,(H,20,24). The highest BCUT2D eigenvalue weighted by atomic mass is 79.9. The molecule has 0 bridgehead atoms. The van der Waals surface area contributed by atoms with Crippen molar-refractivity contribution in [2.75, 3.05) is 7.05 Å². The van der Waals surface area contributed by atoms with Crippen LogP contribution in [0.15, 0.2) is 0 Å². The molecule has 9 heteroatoms. The Hall–Kier alpha value is -0.380. The Balaban J connectivity index is 1.46. The lowest BCUT2D eigenvalue weighted by molar-refractivity contribution is -0.139. The third-order valence-corrected chi connectivity index (χ3v) is 7.79. The number of nitrogens with zero attached hydrogens (tertiary/aromatic N) is 1. The van der Waals surface area contributed by atoms with Crippen molar-refractivity contribution in [1.29, 1.82) is 0 Å².